The minimum absolute atomic E-state index is 0.307. The molecule has 1 aromatic carbocycles. The highest BCUT2D eigenvalue weighted by Crippen LogP contribution is 2.15. The molecule has 0 aliphatic rings. The van der Waals surface area contributed by atoms with Crippen molar-refractivity contribution in [3.8, 4) is 0 Å². The molecule has 4 nitrogen and oxygen atoms in total. The molecule has 0 radical (unpaired) electrons. The van der Waals surface area contributed by atoms with Gasteiger partial charge in [-0.15, -0.1) is 0 Å². The molecule has 0 saturated heterocycles. The molecule has 92 valence electrons. The summed E-state index contributed by atoms with van der Waals surface area (Å²) in [5.41, 5.74) is 1.16. The summed E-state index contributed by atoms with van der Waals surface area (Å²) in [5, 5.41) is 8.86. The lowest BCUT2D eigenvalue weighted by Crippen LogP contribution is -2.15. The minimum atomic E-state index is -0.872. The van der Waals surface area contributed by atoms with E-state index in [-0.39, 0.29) is 0 Å². The van der Waals surface area contributed by atoms with Crippen molar-refractivity contribution in [1.82, 2.24) is 0 Å². The first-order chi connectivity index (χ1) is 8.06. The standard InChI is InChI=1S/C13H16O4/c1-3-17-13(16)11-7-5-4-6-10(11)8-9(2)12(14)15/h4-7,9H,3,8H2,1-2H3,(H,14,15). The van der Waals surface area contributed by atoms with Gasteiger partial charge >= 0.3 is 11.9 Å². The van der Waals surface area contributed by atoms with E-state index in [0.29, 0.717) is 24.2 Å². The normalized spacial score (nSPS) is 11.9. The number of ether oxygens (including phenoxy) is 1. The Morgan fingerprint density at radius 3 is 2.59 bits per heavy atom. The van der Waals surface area contributed by atoms with Crippen molar-refractivity contribution in [3.05, 3.63) is 35.4 Å². The first-order valence-electron chi connectivity index (χ1n) is 5.54. The number of esters is 1. The molecule has 1 rings (SSSR count). The molecule has 0 aliphatic heterocycles. The van der Waals surface area contributed by atoms with Gasteiger partial charge < -0.3 is 9.84 Å². The fourth-order valence-electron chi connectivity index (χ4n) is 1.52. The van der Waals surface area contributed by atoms with Gasteiger partial charge in [0.1, 0.15) is 0 Å². The maximum absolute atomic E-state index is 11.6. The summed E-state index contributed by atoms with van der Waals surface area (Å²) in [6, 6.07) is 6.93. The van der Waals surface area contributed by atoms with Crippen LogP contribution in [-0.2, 0) is 16.0 Å². The Kier molecular flexibility index (Phi) is 4.69. The summed E-state index contributed by atoms with van der Waals surface area (Å²) >= 11 is 0. The van der Waals surface area contributed by atoms with Crippen LogP contribution in [0.3, 0.4) is 0 Å². The molecule has 1 aromatic rings. The number of hydrogen-bond donors (Lipinski definition) is 1. The van der Waals surface area contributed by atoms with Crippen LogP contribution in [0.1, 0.15) is 29.8 Å². The second-order valence-corrected chi connectivity index (χ2v) is 3.82. The van der Waals surface area contributed by atoms with Gasteiger partial charge in [-0.25, -0.2) is 4.79 Å². The summed E-state index contributed by atoms with van der Waals surface area (Å²) in [6.07, 6.45) is 0.324. The number of benzene rings is 1. The van der Waals surface area contributed by atoms with Gasteiger partial charge in [-0.1, -0.05) is 25.1 Å². The Morgan fingerprint density at radius 1 is 1.35 bits per heavy atom. The predicted molar refractivity (Wildman–Crippen MR) is 62.9 cm³/mol. The molecule has 0 fully saturated rings. The molecule has 0 saturated carbocycles. The number of hydrogen-bond acceptors (Lipinski definition) is 3. The summed E-state index contributed by atoms with van der Waals surface area (Å²) in [4.78, 5) is 22.4. The molecule has 0 heterocycles. The Hall–Kier alpha value is -1.84. The van der Waals surface area contributed by atoms with Crippen LogP contribution < -0.4 is 0 Å². The zero-order valence-electron chi connectivity index (χ0n) is 9.97. The fourth-order valence-corrected chi connectivity index (χ4v) is 1.52. The second-order valence-electron chi connectivity index (χ2n) is 3.82. The minimum Gasteiger partial charge on any atom is -0.481 e. The van der Waals surface area contributed by atoms with Crippen molar-refractivity contribution in [2.24, 2.45) is 5.92 Å². The van der Waals surface area contributed by atoms with Gasteiger partial charge in [-0.3, -0.25) is 4.79 Å². The number of carboxylic acid groups (broad SMARTS) is 1. The SMILES string of the molecule is CCOC(=O)c1ccccc1CC(C)C(=O)O. The summed E-state index contributed by atoms with van der Waals surface area (Å²) < 4.78 is 4.92. The van der Waals surface area contributed by atoms with Crippen molar-refractivity contribution in [1.29, 1.82) is 0 Å². The van der Waals surface area contributed by atoms with E-state index in [0.717, 1.165) is 0 Å². The van der Waals surface area contributed by atoms with E-state index in [2.05, 4.69) is 0 Å². The maximum Gasteiger partial charge on any atom is 0.338 e. The van der Waals surface area contributed by atoms with E-state index in [1.54, 1.807) is 38.1 Å². The van der Waals surface area contributed by atoms with Crippen molar-refractivity contribution in [2.45, 2.75) is 20.3 Å². The van der Waals surface area contributed by atoms with Crippen LogP contribution in [0.5, 0.6) is 0 Å². The van der Waals surface area contributed by atoms with Crippen molar-refractivity contribution < 1.29 is 19.4 Å². The molecule has 0 aromatic heterocycles. The molecule has 4 heteroatoms. The quantitative estimate of drug-likeness (QED) is 0.795. The monoisotopic (exact) mass is 236 g/mol. The Balaban J connectivity index is 2.91. The van der Waals surface area contributed by atoms with Gasteiger partial charge in [0, 0.05) is 0 Å². The van der Waals surface area contributed by atoms with Gasteiger partial charge in [0.25, 0.3) is 0 Å². The predicted octanol–water partition coefficient (Wildman–Crippen LogP) is 2.13. The number of carboxylic acids is 1. The van der Waals surface area contributed by atoms with E-state index in [4.69, 9.17) is 9.84 Å². The van der Waals surface area contributed by atoms with Crippen LogP contribution in [-0.4, -0.2) is 23.7 Å². The van der Waals surface area contributed by atoms with Crippen LogP contribution >= 0.6 is 0 Å². The highest BCUT2D eigenvalue weighted by molar-refractivity contribution is 5.91. The van der Waals surface area contributed by atoms with E-state index in [1.807, 2.05) is 0 Å². The molecule has 0 aliphatic carbocycles. The van der Waals surface area contributed by atoms with E-state index >= 15 is 0 Å². The van der Waals surface area contributed by atoms with E-state index in [1.165, 1.54) is 0 Å². The summed E-state index contributed by atoms with van der Waals surface area (Å²) in [7, 11) is 0. The number of aliphatic carboxylic acids is 1. The van der Waals surface area contributed by atoms with Gasteiger partial charge in [0.2, 0.25) is 0 Å². The second kappa shape index (κ2) is 6.03. The maximum atomic E-state index is 11.6. The number of carbonyl (C=O) groups excluding carboxylic acids is 1. The summed E-state index contributed by atoms with van der Waals surface area (Å²) in [6.45, 7) is 3.66. The van der Waals surface area contributed by atoms with Gasteiger partial charge in [-0.05, 0) is 25.0 Å². The average Bonchev–Trinajstić information content (AvgIpc) is 2.29. The first kappa shape index (κ1) is 13.2. The average molecular weight is 236 g/mol. The Morgan fingerprint density at radius 2 is 2.00 bits per heavy atom. The molecule has 0 spiro atoms. The van der Waals surface area contributed by atoms with Crippen LogP contribution in [0.25, 0.3) is 0 Å². The lowest BCUT2D eigenvalue weighted by molar-refractivity contribution is -0.141. The highest BCUT2D eigenvalue weighted by atomic mass is 16.5. The van der Waals surface area contributed by atoms with Crippen LogP contribution in [0.15, 0.2) is 24.3 Å². The molecule has 17 heavy (non-hydrogen) atoms. The molecule has 1 unspecified atom stereocenters. The van der Waals surface area contributed by atoms with E-state index < -0.39 is 17.9 Å². The van der Waals surface area contributed by atoms with Crippen molar-refractivity contribution >= 4 is 11.9 Å². The largest absolute Gasteiger partial charge is 0.481 e. The zero-order chi connectivity index (χ0) is 12.8. The third-order valence-electron chi connectivity index (χ3n) is 2.46. The summed E-state index contributed by atoms with van der Waals surface area (Å²) in [5.74, 6) is -1.80. The number of rotatable bonds is 5. The highest BCUT2D eigenvalue weighted by Gasteiger charge is 2.17. The van der Waals surface area contributed by atoms with Crippen LogP contribution in [0.2, 0.25) is 0 Å². The van der Waals surface area contributed by atoms with Gasteiger partial charge in [-0.2, -0.15) is 0 Å². The molecule has 1 atom stereocenters. The topological polar surface area (TPSA) is 63.6 Å². The smallest absolute Gasteiger partial charge is 0.338 e. The number of carbonyl (C=O) groups is 2. The fraction of sp³-hybridized carbons (Fsp3) is 0.385. The lowest BCUT2D eigenvalue weighted by Gasteiger charge is -2.10. The zero-order valence-corrected chi connectivity index (χ0v) is 9.97. The third kappa shape index (κ3) is 3.59. The molecule has 0 amide bonds. The van der Waals surface area contributed by atoms with Crippen molar-refractivity contribution in [2.75, 3.05) is 6.61 Å². The van der Waals surface area contributed by atoms with Gasteiger partial charge in [0.05, 0.1) is 18.1 Å². The Bertz CT molecular complexity index is 412. The first-order valence-corrected chi connectivity index (χ1v) is 5.54. The van der Waals surface area contributed by atoms with Crippen molar-refractivity contribution in [3.63, 3.8) is 0 Å². The van der Waals surface area contributed by atoms with E-state index in [9.17, 15) is 9.59 Å². The lowest BCUT2D eigenvalue weighted by atomic mass is 9.97. The molecular weight excluding hydrogens is 220 g/mol. The molecule has 1 N–H and O–H groups in total. The molecule has 0 bridgehead atoms. The molecular formula is C13H16O4. The van der Waals surface area contributed by atoms with Gasteiger partial charge in [0.15, 0.2) is 0 Å². The van der Waals surface area contributed by atoms with Crippen LogP contribution in [0.4, 0.5) is 0 Å². The third-order valence-corrected chi connectivity index (χ3v) is 2.46. The Labute approximate surface area is 100 Å². The van der Waals surface area contributed by atoms with Crippen LogP contribution in [0, 0.1) is 5.92 Å².